The third-order valence-corrected chi connectivity index (χ3v) is 3.20. The molecule has 0 aliphatic heterocycles. The Morgan fingerprint density at radius 2 is 2.04 bits per heavy atom. The molecule has 4 nitrogen and oxygen atoms in total. The Balaban J connectivity index is 2.18. The number of ether oxygens (including phenoxy) is 1. The molecular weight excluding hydrogens is 312 g/mol. The molecule has 0 unspecified atom stereocenters. The van der Waals surface area contributed by atoms with Crippen LogP contribution in [-0.2, 0) is 4.79 Å². The summed E-state index contributed by atoms with van der Waals surface area (Å²) >= 11 is 5.80. The summed E-state index contributed by atoms with van der Waals surface area (Å²) < 4.78 is 5.40. The molecule has 1 N–H and O–H groups in total. The Kier molecular flexibility index (Phi) is 5.79. The van der Waals surface area contributed by atoms with Gasteiger partial charge < -0.3 is 10.1 Å². The Bertz CT molecular complexity index is 761. The standard InChI is InChI=1S/C18H15ClN2O2/c1-2-23-17-5-3-4-13(11-17)10-14(12-20)18(22)21-16-8-6-15(19)7-9-16/h3-11H,2H2,1H3,(H,21,22)/b14-10+. The Hall–Kier alpha value is -2.77. The van der Waals surface area contributed by atoms with Crippen molar-refractivity contribution in [3.05, 3.63) is 64.7 Å². The molecule has 0 aromatic heterocycles. The number of carbonyl (C=O) groups is 1. The van der Waals surface area contributed by atoms with Gasteiger partial charge in [-0.1, -0.05) is 23.7 Å². The van der Waals surface area contributed by atoms with Crippen LogP contribution in [0, 0.1) is 11.3 Å². The fourth-order valence-corrected chi connectivity index (χ4v) is 2.03. The van der Waals surface area contributed by atoms with E-state index in [9.17, 15) is 10.1 Å². The molecule has 116 valence electrons. The lowest BCUT2D eigenvalue weighted by atomic mass is 10.1. The van der Waals surface area contributed by atoms with Gasteiger partial charge in [-0.2, -0.15) is 5.26 Å². The summed E-state index contributed by atoms with van der Waals surface area (Å²) in [5.74, 6) is 0.216. The maximum absolute atomic E-state index is 12.2. The molecule has 0 heterocycles. The Labute approximate surface area is 140 Å². The summed E-state index contributed by atoms with van der Waals surface area (Å²) in [5, 5.41) is 12.5. The van der Waals surface area contributed by atoms with E-state index >= 15 is 0 Å². The third-order valence-electron chi connectivity index (χ3n) is 2.95. The summed E-state index contributed by atoms with van der Waals surface area (Å²) in [5.41, 5.74) is 1.30. The topological polar surface area (TPSA) is 62.1 Å². The summed E-state index contributed by atoms with van der Waals surface area (Å²) in [7, 11) is 0. The van der Waals surface area contributed by atoms with E-state index in [1.165, 1.54) is 6.08 Å². The number of hydrogen-bond donors (Lipinski definition) is 1. The second-order valence-corrected chi connectivity index (χ2v) is 5.07. The number of nitrogens with one attached hydrogen (secondary N) is 1. The first-order valence-electron chi connectivity index (χ1n) is 7.04. The lowest BCUT2D eigenvalue weighted by molar-refractivity contribution is -0.112. The number of benzene rings is 2. The zero-order valence-corrected chi connectivity index (χ0v) is 13.3. The molecule has 2 aromatic carbocycles. The van der Waals surface area contributed by atoms with Gasteiger partial charge in [0.2, 0.25) is 0 Å². The zero-order chi connectivity index (χ0) is 16.7. The second-order valence-electron chi connectivity index (χ2n) is 4.64. The van der Waals surface area contributed by atoms with Crippen molar-refractivity contribution in [1.82, 2.24) is 0 Å². The fraction of sp³-hybridized carbons (Fsp3) is 0.111. The number of nitriles is 1. The number of amides is 1. The number of rotatable bonds is 5. The molecule has 0 fully saturated rings. The Morgan fingerprint density at radius 3 is 2.70 bits per heavy atom. The summed E-state index contributed by atoms with van der Waals surface area (Å²) in [6.45, 7) is 2.44. The molecule has 23 heavy (non-hydrogen) atoms. The molecule has 0 atom stereocenters. The molecule has 2 aromatic rings. The lowest BCUT2D eigenvalue weighted by Crippen LogP contribution is -2.13. The molecule has 0 radical (unpaired) electrons. The van der Waals surface area contributed by atoms with E-state index in [0.717, 1.165) is 5.56 Å². The molecule has 0 spiro atoms. The molecule has 0 aliphatic carbocycles. The van der Waals surface area contributed by atoms with E-state index in [4.69, 9.17) is 16.3 Å². The van der Waals surface area contributed by atoms with Crippen LogP contribution in [0.1, 0.15) is 12.5 Å². The molecule has 0 saturated carbocycles. The minimum atomic E-state index is -0.475. The fourth-order valence-electron chi connectivity index (χ4n) is 1.91. The van der Waals surface area contributed by atoms with Gasteiger partial charge in [0, 0.05) is 10.7 Å². The molecule has 5 heteroatoms. The average Bonchev–Trinajstić information content (AvgIpc) is 2.55. The second kappa shape index (κ2) is 8.02. The monoisotopic (exact) mass is 326 g/mol. The third kappa shape index (κ3) is 4.87. The van der Waals surface area contributed by atoms with Gasteiger partial charge in [-0.15, -0.1) is 0 Å². The van der Waals surface area contributed by atoms with E-state index in [1.807, 2.05) is 25.1 Å². The highest BCUT2D eigenvalue weighted by atomic mass is 35.5. The SMILES string of the molecule is CCOc1cccc(/C=C(\C#N)C(=O)Nc2ccc(Cl)cc2)c1. The summed E-state index contributed by atoms with van der Waals surface area (Å²) in [6, 6.07) is 15.8. The highest BCUT2D eigenvalue weighted by Crippen LogP contribution is 2.17. The first kappa shape index (κ1) is 16.6. The van der Waals surface area contributed by atoms with Crippen LogP contribution in [0.25, 0.3) is 6.08 Å². The highest BCUT2D eigenvalue weighted by molar-refractivity contribution is 6.30. The van der Waals surface area contributed by atoms with E-state index in [1.54, 1.807) is 36.4 Å². The van der Waals surface area contributed by atoms with Crippen molar-refractivity contribution in [2.75, 3.05) is 11.9 Å². The normalized spacial score (nSPS) is 10.7. The van der Waals surface area contributed by atoms with Crippen molar-refractivity contribution in [1.29, 1.82) is 5.26 Å². The van der Waals surface area contributed by atoms with Gasteiger partial charge in [-0.05, 0) is 55.0 Å². The van der Waals surface area contributed by atoms with Gasteiger partial charge in [0.1, 0.15) is 17.4 Å². The van der Waals surface area contributed by atoms with Crippen LogP contribution in [0.2, 0.25) is 5.02 Å². The minimum absolute atomic E-state index is 0.00796. The van der Waals surface area contributed by atoms with Crippen LogP contribution < -0.4 is 10.1 Å². The average molecular weight is 327 g/mol. The van der Waals surface area contributed by atoms with Crippen molar-refractivity contribution < 1.29 is 9.53 Å². The van der Waals surface area contributed by atoms with E-state index < -0.39 is 5.91 Å². The van der Waals surface area contributed by atoms with Crippen molar-refractivity contribution >= 4 is 29.3 Å². The largest absolute Gasteiger partial charge is 0.494 e. The van der Waals surface area contributed by atoms with E-state index in [-0.39, 0.29) is 5.57 Å². The number of anilines is 1. The predicted molar refractivity (Wildman–Crippen MR) is 91.3 cm³/mol. The molecular formula is C18H15ClN2O2. The van der Waals surface area contributed by atoms with Crippen molar-refractivity contribution in [3.8, 4) is 11.8 Å². The Morgan fingerprint density at radius 1 is 1.30 bits per heavy atom. The first-order valence-corrected chi connectivity index (χ1v) is 7.41. The van der Waals surface area contributed by atoms with Crippen LogP contribution in [0.4, 0.5) is 5.69 Å². The van der Waals surface area contributed by atoms with Crippen LogP contribution in [0.3, 0.4) is 0 Å². The van der Waals surface area contributed by atoms with Gasteiger partial charge in [0.05, 0.1) is 6.61 Å². The molecule has 1 amide bonds. The number of carbonyl (C=O) groups excluding carboxylic acids is 1. The predicted octanol–water partition coefficient (Wildman–Crippen LogP) is 4.28. The van der Waals surface area contributed by atoms with Crippen LogP contribution in [0.5, 0.6) is 5.75 Å². The van der Waals surface area contributed by atoms with Crippen LogP contribution >= 0.6 is 11.6 Å². The van der Waals surface area contributed by atoms with Gasteiger partial charge in [-0.3, -0.25) is 4.79 Å². The number of nitrogens with zero attached hydrogens (tertiary/aromatic N) is 1. The van der Waals surface area contributed by atoms with Crippen LogP contribution in [-0.4, -0.2) is 12.5 Å². The molecule has 2 rings (SSSR count). The minimum Gasteiger partial charge on any atom is -0.494 e. The molecule has 0 saturated heterocycles. The first-order chi connectivity index (χ1) is 11.1. The van der Waals surface area contributed by atoms with Crippen molar-refractivity contribution in [2.24, 2.45) is 0 Å². The molecule has 0 bridgehead atoms. The maximum Gasteiger partial charge on any atom is 0.266 e. The summed E-state index contributed by atoms with van der Waals surface area (Å²) in [6.07, 6.45) is 1.52. The molecule has 0 aliphatic rings. The van der Waals surface area contributed by atoms with Gasteiger partial charge >= 0.3 is 0 Å². The lowest BCUT2D eigenvalue weighted by Gasteiger charge is -2.05. The summed E-state index contributed by atoms with van der Waals surface area (Å²) in [4.78, 5) is 12.2. The van der Waals surface area contributed by atoms with Crippen molar-refractivity contribution in [2.45, 2.75) is 6.92 Å². The van der Waals surface area contributed by atoms with Gasteiger partial charge in [-0.25, -0.2) is 0 Å². The van der Waals surface area contributed by atoms with Gasteiger partial charge in [0.15, 0.2) is 0 Å². The van der Waals surface area contributed by atoms with Gasteiger partial charge in [0.25, 0.3) is 5.91 Å². The number of halogens is 1. The van der Waals surface area contributed by atoms with E-state index in [0.29, 0.717) is 23.1 Å². The van der Waals surface area contributed by atoms with Crippen LogP contribution in [0.15, 0.2) is 54.1 Å². The zero-order valence-electron chi connectivity index (χ0n) is 12.5. The smallest absolute Gasteiger partial charge is 0.266 e. The quantitative estimate of drug-likeness (QED) is 0.658. The highest BCUT2D eigenvalue weighted by Gasteiger charge is 2.09. The van der Waals surface area contributed by atoms with E-state index in [2.05, 4.69) is 5.32 Å². The number of hydrogen-bond acceptors (Lipinski definition) is 3. The maximum atomic E-state index is 12.2. The van der Waals surface area contributed by atoms with Crippen molar-refractivity contribution in [3.63, 3.8) is 0 Å².